The van der Waals surface area contributed by atoms with E-state index < -0.39 is 6.04 Å². The molecule has 0 spiro atoms. The number of phenols is 1. The first kappa shape index (κ1) is 12.8. The summed E-state index contributed by atoms with van der Waals surface area (Å²) in [5.41, 5.74) is 0. The van der Waals surface area contributed by atoms with Crippen LogP contribution < -0.4 is 5.32 Å². The van der Waals surface area contributed by atoms with E-state index in [1.165, 1.54) is 11.8 Å². The van der Waals surface area contributed by atoms with Gasteiger partial charge in [-0.1, -0.05) is 0 Å². The summed E-state index contributed by atoms with van der Waals surface area (Å²) in [6, 6.07) is 6.09. The van der Waals surface area contributed by atoms with Gasteiger partial charge in [-0.3, -0.25) is 4.79 Å². The van der Waals surface area contributed by atoms with Gasteiger partial charge in [-0.15, -0.1) is 11.8 Å². The molecule has 5 nitrogen and oxygen atoms in total. The van der Waals surface area contributed by atoms with Gasteiger partial charge in [0.2, 0.25) is 5.91 Å². The number of ether oxygens (including phenoxy) is 1. The fraction of sp³-hybridized carbons (Fsp3) is 0.333. The highest BCUT2D eigenvalue weighted by Crippen LogP contribution is 2.20. The van der Waals surface area contributed by atoms with Crippen LogP contribution >= 0.6 is 11.8 Å². The number of rotatable bonds is 4. The van der Waals surface area contributed by atoms with Crippen molar-refractivity contribution in [2.24, 2.45) is 0 Å². The smallest absolute Gasteiger partial charge is 0.328 e. The molecule has 0 aromatic heterocycles. The molecule has 2 rings (SSSR count). The van der Waals surface area contributed by atoms with Crippen LogP contribution in [-0.2, 0) is 14.3 Å². The summed E-state index contributed by atoms with van der Waals surface area (Å²) in [6.45, 7) is 0.370. The molecule has 1 aliphatic rings. The highest BCUT2D eigenvalue weighted by Gasteiger charge is 2.27. The maximum absolute atomic E-state index is 11.6. The number of cyclic esters (lactones) is 1. The largest absolute Gasteiger partial charge is 0.508 e. The fourth-order valence-electron chi connectivity index (χ4n) is 1.55. The summed E-state index contributed by atoms with van der Waals surface area (Å²) in [6.07, 6.45) is 0.536. The second-order valence-corrected chi connectivity index (χ2v) is 4.91. The molecule has 1 unspecified atom stereocenters. The molecule has 0 aliphatic carbocycles. The molecule has 1 aliphatic heterocycles. The summed E-state index contributed by atoms with van der Waals surface area (Å²) in [5.74, 6) is -0.137. The number of aromatic hydroxyl groups is 1. The number of thioether (sulfide) groups is 1. The van der Waals surface area contributed by atoms with Crippen molar-refractivity contribution >= 4 is 23.6 Å². The van der Waals surface area contributed by atoms with Gasteiger partial charge in [-0.2, -0.15) is 0 Å². The van der Waals surface area contributed by atoms with Gasteiger partial charge in [0.25, 0.3) is 0 Å². The first-order valence-electron chi connectivity index (χ1n) is 5.53. The Morgan fingerprint density at radius 1 is 1.44 bits per heavy atom. The average Bonchev–Trinajstić information content (AvgIpc) is 2.74. The molecule has 0 bridgehead atoms. The van der Waals surface area contributed by atoms with Crippen molar-refractivity contribution in [1.29, 1.82) is 0 Å². The molecule has 1 heterocycles. The zero-order valence-electron chi connectivity index (χ0n) is 9.59. The maximum Gasteiger partial charge on any atom is 0.328 e. The zero-order chi connectivity index (χ0) is 13.0. The molecule has 2 N–H and O–H groups in total. The standard InChI is InChI=1S/C12H13NO4S/c14-8-1-3-9(4-2-8)18-7-11(15)13-10-5-6-17-12(10)16/h1-4,10,14H,5-7H2,(H,13,15). The highest BCUT2D eigenvalue weighted by molar-refractivity contribution is 8.00. The Kier molecular flexibility index (Phi) is 4.09. The average molecular weight is 267 g/mol. The number of benzene rings is 1. The number of carbonyl (C=O) groups excluding carboxylic acids is 2. The van der Waals surface area contributed by atoms with E-state index in [-0.39, 0.29) is 23.4 Å². The second-order valence-electron chi connectivity index (χ2n) is 3.86. The first-order valence-corrected chi connectivity index (χ1v) is 6.51. The molecule has 1 aromatic rings. The van der Waals surface area contributed by atoms with E-state index in [0.717, 1.165) is 4.90 Å². The van der Waals surface area contributed by atoms with Gasteiger partial charge in [0.05, 0.1) is 12.4 Å². The predicted octanol–water partition coefficient (Wildman–Crippen LogP) is 0.916. The zero-order valence-corrected chi connectivity index (χ0v) is 10.4. The SMILES string of the molecule is O=C(CSc1ccc(O)cc1)NC1CCOC1=O. The molecule has 18 heavy (non-hydrogen) atoms. The minimum absolute atomic E-state index is 0.192. The van der Waals surface area contributed by atoms with Crippen LogP contribution in [0.3, 0.4) is 0 Å². The number of hydrogen-bond acceptors (Lipinski definition) is 5. The number of hydrogen-bond donors (Lipinski definition) is 2. The van der Waals surface area contributed by atoms with Crippen molar-refractivity contribution in [3.05, 3.63) is 24.3 Å². The number of phenolic OH excluding ortho intramolecular Hbond substituents is 1. The third-order valence-corrected chi connectivity index (χ3v) is 3.49. The molecular weight excluding hydrogens is 254 g/mol. The van der Waals surface area contributed by atoms with Crippen LogP contribution in [0.5, 0.6) is 5.75 Å². The Labute approximate surface area is 109 Å². The van der Waals surface area contributed by atoms with Gasteiger partial charge in [0.15, 0.2) is 0 Å². The van der Waals surface area contributed by atoms with E-state index in [1.54, 1.807) is 24.3 Å². The lowest BCUT2D eigenvalue weighted by Gasteiger charge is -2.08. The van der Waals surface area contributed by atoms with Crippen molar-refractivity contribution in [3.63, 3.8) is 0 Å². The Balaban J connectivity index is 1.78. The Hall–Kier alpha value is -1.69. The van der Waals surface area contributed by atoms with Crippen LogP contribution in [0, 0.1) is 0 Å². The van der Waals surface area contributed by atoms with Crippen molar-refractivity contribution in [2.75, 3.05) is 12.4 Å². The van der Waals surface area contributed by atoms with Gasteiger partial charge in [-0.05, 0) is 24.3 Å². The molecule has 0 saturated carbocycles. The summed E-state index contributed by atoms with van der Waals surface area (Å²) in [7, 11) is 0. The normalized spacial score (nSPS) is 18.4. The number of carbonyl (C=O) groups is 2. The maximum atomic E-state index is 11.6. The molecule has 1 fully saturated rings. The van der Waals surface area contributed by atoms with Gasteiger partial charge in [0.1, 0.15) is 11.8 Å². The van der Waals surface area contributed by atoms with Crippen LogP contribution in [0.1, 0.15) is 6.42 Å². The quantitative estimate of drug-likeness (QED) is 0.626. The summed E-state index contributed by atoms with van der Waals surface area (Å²) < 4.78 is 4.75. The lowest BCUT2D eigenvalue weighted by molar-refractivity contribution is -0.141. The van der Waals surface area contributed by atoms with Crippen LogP contribution in [0.4, 0.5) is 0 Å². The summed E-state index contributed by atoms with van der Waals surface area (Å²) >= 11 is 1.35. The summed E-state index contributed by atoms with van der Waals surface area (Å²) in [5, 5.41) is 11.7. The number of amides is 1. The van der Waals surface area contributed by atoms with Crippen LogP contribution in [0.2, 0.25) is 0 Å². The fourth-order valence-corrected chi connectivity index (χ4v) is 2.26. The predicted molar refractivity (Wildman–Crippen MR) is 66.3 cm³/mol. The van der Waals surface area contributed by atoms with Crippen LogP contribution in [-0.4, -0.2) is 35.4 Å². The third kappa shape index (κ3) is 3.40. The van der Waals surface area contributed by atoms with Gasteiger partial charge >= 0.3 is 5.97 Å². The lowest BCUT2D eigenvalue weighted by atomic mass is 10.2. The van der Waals surface area contributed by atoms with E-state index >= 15 is 0 Å². The number of nitrogens with one attached hydrogen (secondary N) is 1. The molecule has 1 atom stereocenters. The van der Waals surface area contributed by atoms with E-state index in [9.17, 15) is 9.59 Å². The molecule has 1 amide bonds. The van der Waals surface area contributed by atoms with Crippen molar-refractivity contribution in [1.82, 2.24) is 5.32 Å². The van der Waals surface area contributed by atoms with E-state index in [4.69, 9.17) is 9.84 Å². The van der Waals surface area contributed by atoms with Crippen molar-refractivity contribution < 1.29 is 19.4 Å². The van der Waals surface area contributed by atoms with Crippen molar-refractivity contribution in [2.45, 2.75) is 17.4 Å². The molecule has 0 radical (unpaired) electrons. The highest BCUT2D eigenvalue weighted by atomic mass is 32.2. The molecular formula is C12H13NO4S. The Morgan fingerprint density at radius 3 is 2.78 bits per heavy atom. The Morgan fingerprint density at radius 2 is 2.17 bits per heavy atom. The minimum atomic E-state index is -0.502. The molecule has 1 saturated heterocycles. The molecule has 96 valence electrons. The molecule has 1 aromatic carbocycles. The van der Waals surface area contributed by atoms with Crippen LogP contribution in [0.25, 0.3) is 0 Å². The monoisotopic (exact) mass is 267 g/mol. The number of esters is 1. The summed E-state index contributed by atoms with van der Waals surface area (Å²) in [4.78, 5) is 23.6. The topological polar surface area (TPSA) is 75.6 Å². The van der Waals surface area contributed by atoms with Gasteiger partial charge < -0.3 is 15.2 Å². The van der Waals surface area contributed by atoms with Gasteiger partial charge in [0, 0.05) is 11.3 Å². The van der Waals surface area contributed by atoms with E-state index in [2.05, 4.69) is 5.32 Å². The first-order chi connectivity index (χ1) is 8.65. The third-order valence-electron chi connectivity index (χ3n) is 2.48. The van der Waals surface area contributed by atoms with Crippen molar-refractivity contribution in [3.8, 4) is 5.75 Å². The lowest BCUT2D eigenvalue weighted by Crippen LogP contribution is -2.38. The second kappa shape index (κ2) is 5.77. The van der Waals surface area contributed by atoms with E-state index in [1.807, 2.05) is 0 Å². The van der Waals surface area contributed by atoms with Crippen LogP contribution in [0.15, 0.2) is 29.2 Å². The molecule has 6 heteroatoms. The van der Waals surface area contributed by atoms with Gasteiger partial charge in [-0.25, -0.2) is 4.79 Å². The van der Waals surface area contributed by atoms with E-state index in [0.29, 0.717) is 13.0 Å². The Bertz CT molecular complexity index is 446. The minimum Gasteiger partial charge on any atom is -0.508 e.